The SMILES string of the molecule is Cc1ccc(F)c(NS(=O)(=O)c2cnn(CCCN)c2)c1. The minimum absolute atomic E-state index is 0.0135. The summed E-state index contributed by atoms with van der Waals surface area (Å²) in [6.45, 7) is 2.78. The lowest BCUT2D eigenvalue weighted by Crippen LogP contribution is -2.13. The zero-order valence-corrected chi connectivity index (χ0v) is 12.4. The molecule has 0 aliphatic rings. The summed E-state index contributed by atoms with van der Waals surface area (Å²) >= 11 is 0. The van der Waals surface area contributed by atoms with E-state index in [2.05, 4.69) is 9.82 Å². The molecule has 0 aliphatic heterocycles. The molecule has 0 bridgehead atoms. The highest BCUT2D eigenvalue weighted by Gasteiger charge is 2.18. The average Bonchev–Trinajstić information content (AvgIpc) is 2.90. The standard InChI is InChI=1S/C13H17FN4O2S/c1-10-3-4-12(14)13(7-10)17-21(19,20)11-8-16-18(9-11)6-2-5-15/h3-4,7-9,17H,2,5-6,15H2,1H3. The van der Waals surface area contributed by atoms with E-state index in [0.29, 0.717) is 19.5 Å². The molecule has 0 saturated carbocycles. The molecule has 0 aliphatic carbocycles. The predicted octanol–water partition coefficient (Wildman–Crippen LogP) is 1.48. The highest BCUT2D eigenvalue weighted by atomic mass is 32.2. The van der Waals surface area contributed by atoms with Crippen LogP contribution >= 0.6 is 0 Å². The number of nitrogens with one attached hydrogen (secondary N) is 1. The Balaban J connectivity index is 2.22. The van der Waals surface area contributed by atoms with E-state index in [-0.39, 0.29) is 10.6 Å². The van der Waals surface area contributed by atoms with Crippen LogP contribution in [0.25, 0.3) is 0 Å². The maximum Gasteiger partial charge on any atom is 0.265 e. The van der Waals surface area contributed by atoms with Crippen LogP contribution < -0.4 is 10.5 Å². The minimum Gasteiger partial charge on any atom is -0.330 e. The number of sulfonamides is 1. The first-order chi connectivity index (χ1) is 9.92. The molecular weight excluding hydrogens is 295 g/mol. The Labute approximate surface area is 122 Å². The normalized spacial score (nSPS) is 11.6. The number of hydrogen-bond acceptors (Lipinski definition) is 4. The number of rotatable bonds is 6. The van der Waals surface area contributed by atoms with Gasteiger partial charge in [-0.3, -0.25) is 9.40 Å². The molecule has 3 N–H and O–H groups in total. The maximum absolute atomic E-state index is 13.6. The van der Waals surface area contributed by atoms with Crippen molar-refractivity contribution in [2.75, 3.05) is 11.3 Å². The van der Waals surface area contributed by atoms with Gasteiger partial charge in [0.05, 0.1) is 11.9 Å². The van der Waals surface area contributed by atoms with Gasteiger partial charge in [-0.2, -0.15) is 5.10 Å². The van der Waals surface area contributed by atoms with E-state index in [0.717, 1.165) is 5.56 Å². The highest BCUT2D eigenvalue weighted by Crippen LogP contribution is 2.20. The topological polar surface area (TPSA) is 90.0 Å². The quantitative estimate of drug-likeness (QED) is 0.845. The zero-order chi connectivity index (χ0) is 15.5. The molecule has 0 radical (unpaired) electrons. The summed E-state index contributed by atoms with van der Waals surface area (Å²) < 4.78 is 41.7. The molecule has 0 atom stereocenters. The number of hydrogen-bond donors (Lipinski definition) is 2. The number of halogens is 1. The van der Waals surface area contributed by atoms with Crippen LogP contribution in [-0.4, -0.2) is 24.7 Å². The van der Waals surface area contributed by atoms with E-state index in [1.54, 1.807) is 13.0 Å². The summed E-state index contributed by atoms with van der Waals surface area (Å²) in [6.07, 6.45) is 3.32. The van der Waals surface area contributed by atoms with Crippen LogP contribution in [0.4, 0.5) is 10.1 Å². The Morgan fingerprint density at radius 1 is 1.43 bits per heavy atom. The van der Waals surface area contributed by atoms with Crippen LogP contribution in [-0.2, 0) is 16.6 Å². The van der Waals surface area contributed by atoms with Crippen LogP contribution in [0.1, 0.15) is 12.0 Å². The van der Waals surface area contributed by atoms with Gasteiger partial charge in [0.25, 0.3) is 10.0 Å². The number of anilines is 1. The first-order valence-corrected chi connectivity index (χ1v) is 7.92. The molecule has 114 valence electrons. The fourth-order valence-corrected chi connectivity index (χ4v) is 2.79. The van der Waals surface area contributed by atoms with Gasteiger partial charge in [-0.25, -0.2) is 12.8 Å². The van der Waals surface area contributed by atoms with Crippen LogP contribution in [0.15, 0.2) is 35.5 Å². The smallest absolute Gasteiger partial charge is 0.265 e. The Kier molecular flexibility index (Phi) is 4.59. The van der Waals surface area contributed by atoms with Crippen molar-refractivity contribution in [2.45, 2.75) is 24.8 Å². The Morgan fingerprint density at radius 3 is 2.90 bits per heavy atom. The van der Waals surface area contributed by atoms with Gasteiger partial charge < -0.3 is 5.73 Å². The lowest BCUT2D eigenvalue weighted by molar-refractivity contribution is 0.582. The van der Waals surface area contributed by atoms with Crippen molar-refractivity contribution in [2.24, 2.45) is 5.73 Å². The third-order valence-corrected chi connectivity index (χ3v) is 4.20. The third kappa shape index (κ3) is 3.79. The van der Waals surface area contributed by atoms with E-state index in [1.165, 1.54) is 29.2 Å². The summed E-state index contributed by atoms with van der Waals surface area (Å²) in [7, 11) is -3.86. The second-order valence-electron chi connectivity index (χ2n) is 4.67. The number of benzene rings is 1. The molecule has 2 rings (SSSR count). The van der Waals surface area contributed by atoms with Crippen molar-refractivity contribution in [3.63, 3.8) is 0 Å². The third-order valence-electron chi connectivity index (χ3n) is 2.88. The van der Waals surface area contributed by atoms with Crippen molar-refractivity contribution >= 4 is 15.7 Å². The zero-order valence-electron chi connectivity index (χ0n) is 11.6. The molecule has 8 heteroatoms. The van der Waals surface area contributed by atoms with Gasteiger partial charge in [0.15, 0.2) is 0 Å². The second kappa shape index (κ2) is 6.23. The van der Waals surface area contributed by atoms with Gasteiger partial charge in [0, 0.05) is 12.7 Å². The van der Waals surface area contributed by atoms with Gasteiger partial charge >= 0.3 is 0 Å². The lowest BCUT2D eigenvalue weighted by atomic mass is 10.2. The Morgan fingerprint density at radius 2 is 2.19 bits per heavy atom. The number of aryl methyl sites for hydroxylation is 2. The van der Waals surface area contributed by atoms with Crippen LogP contribution in [0.5, 0.6) is 0 Å². The van der Waals surface area contributed by atoms with Crippen LogP contribution in [0, 0.1) is 12.7 Å². The summed E-state index contributed by atoms with van der Waals surface area (Å²) in [4.78, 5) is -0.0135. The van der Waals surface area contributed by atoms with E-state index in [1.807, 2.05) is 0 Å². The average molecular weight is 312 g/mol. The van der Waals surface area contributed by atoms with Crippen LogP contribution in [0.2, 0.25) is 0 Å². The number of aromatic nitrogens is 2. The van der Waals surface area contributed by atoms with E-state index in [4.69, 9.17) is 5.73 Å². The molecule has 1 aromatic carbocycles. The van der Waals surface area contributed by atoms with Crippen LogP contribution in [0.3, 0.4) is 0 Å². The summed E-state index contributed by atoms with van der Waals surface area (Å²) in [5, 5.41) is 3.95. The number of nitrogens with two attached hydrogens (primary N) is 1. The predicted molar refractivity (Wildman–Crippen MR) is 77.8 cm³/mol. The van der Waals surface area contributed by atoms with E-state index >= 15 is 0 Å². The molecular formula is C13H17FN4O2S. The van der Waals surface area contributed by atoms with Crippen molar-refractivity contribution in [3.05, 3.63) is 42.0 Å². The molecule has 6 nitrogen and oxygen atoms in total. The highest BCUT2D eigenvalue weighted by molar-refractivity contribution is 7.92. The molecule has 0 fully saturated rings. The molecule has 1 aromatic heterocycles. The van der Waals surface area contributed by atoms with Crippen molar-refractivity contribution in [1.29, 1.82) is 0 Å². The summed E-state index contributed by atoms with van der Waals surface area (Å²) in [6, 6.07) is 4.22. The Bertz CT molecular complexity index is 728. The summed E-state index contributed by atoms with van der Waals surface area (Å²) in [5.41, 5.74) is 6.07. The maximum atomic E-state index is 13.6. The largest absolute Gasteiger partial charge is 0.330 e. The molecule has 0 saturated heterocycles. The van der Waals surface area contributed by atoms with Crippen molar-refractivity contribution < 1.29 is 12.8 Å². The second-order valence-corrected chi connectivity index (χ2v) is 6.35. The molecule has 0 amide bonds. The van der Waals surface area contributed by atoms with Gasteiger partial charge in [-0.05, 0) is 37.6 Å². The van der Waals surface area contributed by atoms with E-state index in [9.17, 15) is 12.8 Å². The van der Waals surface area contributed by atoms with E-state index < -0.39 is 15.8 Å². The fraction of sp³-hybridized carbons (Fsp3) is 0.308. The first-order valence-electron chi connectivity index (χ1n) is 6.44. The molecule has 0 spiro atoms. The van der Waals surface area contributed by atoms with Gasteiger partial charge in [0.1, 0.15) is 10.7 Å². The van der Waals surface area contributed by atoms with Gasteiger partial charge in [-0.15, -0.1) is 0 Å². The number of nitrogens with zero attached hydrogens (tertiary/aromatic N) is 2. The monoisotopic (exact) mass is 312 g/mol. The Hall–Kier alpha value is -1.93. The van der Waals surface area contributed by atoms with Crippen molar-refractivity contribution in [1.82, 2.24) is 9.78 Å². The molecule has 2 aromatic rings. The van der Waals surface area contributed by atoms with Gasteiger partial charge in [-0.1, -0.05) is 6.07 Å². The van der Waals surface area contributed by atoms with Gasteiger partial charge in [0.2, 0.25) is 0 Å². The molecule has 0 unspecified atom stereocenters. The first kappa shape index (κ1) is 15.5. The fourth-order valence-electron chi connectivity index (χ4n) is 1.78. The lowest BCUT2D eigenvalue weighted by Gasteiger charge is -2.08. The summed E-state index contributed by atoms with van der Waals surface area (Å²) in [5.74, 6) is -0.625. The minimum atomic E-state index is -3.86. The van der Waals surface area contributed by atoms with Crippen molar-refractivity contribution in [3.8, 4) is 0 Å². The molecule has 1 heterocycles. The molecule has 21 heavy (non-hydrogen) atoms.